The first-order valence-corrected chi connectivity index (χ1v) is 7.87. The summed E-state index contributed by atoms with van der Waals surface area (Å²) in [4.78, 5) is 14.3. The molecule has 0 aromatic heterocycles. The fraction of sp³-hybridized carbons (Fsp3) is 0.933. The molecule has 0 radical (unpaired) electrons. The van der Waals surface area contributed by atoms with Crippen molar-refractivity contribution in [2.24, 2.45) is 5.73 Å². The molecular formula is C15H29N3O. The van der Waals surface area contributed by atoms with Gasteiger partial charge in [0.1, 0.15) is 5.54 Å². The van der Waals surface area contributed by atoms with Crippen LogP contribution in [0.25, 0.3) is 0 Å². The Kier molecular flexibility index (Phi) is 4.85. The molecule has 0 aliphatic heterocycles. The fourth-order valence-electron chi connectivity index (χ4n) is 3.22. The minimum atomic E-state index is -0.575. The van der Waals surface area contributed by atoms with E-state index >= 15 is 0 Å². The Balaban J connectivity index is 1.98. The quantitative estimate of drug-likeness (QED) is 0.737. The van der Waals surface area contributed by atoms with Gasteiger partial charge >= 0.3 is 0 Å². The molecule has 2 aliphatic carbocycles. The van der Waals surface area contributed by atoms with Gasteiger partial charge in [0.05, 0.1) is 0 Å². The Morgan fingerprint density at radius 3 is 2.37 bits per heavy atom. The van der Waals surface area contributed by atoms with Gasteiger partial charge in [-0.3, -0.25) is 15.0 Å². The Hall–Kier alpha value is -0.610. The van der Waals surface area contributed by atoms with Crippen LogP contribution in [0.3, 0.4) is 0 Å². The molecule has 0 saturated heterocycles. The van der Waals surface area contributed by atoms with Crippen LogP contribution in [0, 0.1) is 0 Å². The van der Waals surface area contributed by atoms with Gasteiger partial charge in [-0.15, -0.1) is 0 Å². The molecule has 2 saturated carbocycles. The molecule has 3 N–H and O–H groups in total. The lowest BCUT2D eigenvalue weighted by Gasteiger charge is -2.39. The van der Waals surface area contributed by atoms with Crippen molar-refractivity contribution in [3.05, 3.63) is 0 Å². The summed E-state index contributed by atoms with van der Waals surface area (Å²) in [5, 5.41) is 3.45. The second-order valence-corrected chi connectivity index (χ2v) is 6.47. The van der Waals surface area contributed by atoms with Gasteiger partial charge < -0.3 is 5.73 Å². The highest BCUT2D eigenvalue weighted by atomic mass is 16.1. The lowest BCUT2D eigenvalue weighted by Crippen LogP contribution is -2.61. The van der Waals surface area contributed by atoms with Crippen molar-refractivity contribution in [1.29, 1.82) is 0 Å². The number of nitrogens with one attached hydrogen (secondary N) is 1. The maximum absolute atomic E-state index is 11.9. The molecule has 110 valence electrons. The summed E-state index contributed by atoms with van der Waals surface area (Å²) in [5.41, 5.74) is 5.08. The van der Waals surface area contributed by atoms with E-state index in [0.29, 0.717) is 12.1 Å². The van der Waals surface area contributed by atoms with Gasteiger partial charge in [0, 0.05) is 18.6 Å². The molecule has 19 heavy (non-hydrogen) atoms. The summed E-state index contributed by atoms with van der Waals surface area (Å²) in [5.74, 6) is -0.214. The van der Waals surface area contributed by atoms with E-state index in [1.54, 1.807) is 0 Å². The smallest absolute Gasteiger partial charge is 0.238 e. The number of nitrogens with two attached hydrogens (primary N) is 1. The standard InChI is InChI=1S/C15H29N3O/c1-3-18(13-7-5-4-6-8-13)11-15(2,14(16)19)17-12-9-10-12/h12-13,17H,3-11H2,1-2H3,(H2,16,19). The molecule has 2 fully saturated rings. The Morgan fingerprint density at radius 1 is 1.26 bits per heavy atom. The summed E-state index contributed by atoms with van der Waals surface area (Å²) in [6, 6.07) is 1.14. The van der Waals surface area contributed by atoms with Crippen LogP contribution in [0.5, 0.6) is 0 Å². The maximum atomic E-state index is 11.9. The molecule has 1 amide bonds. The molecular weight excluding hydrogens is 238 g/mol. The number of rotatable bonds is 7. The van der Waals surface area contributed by atoms with E-state index in [1.165, 1.54) is 44.9 Å². The molecule has 1 unspecified atom stereocenters. The van der Waals surface area contributed by atoms with E-state index in [2.05, 4.69) is 17.1 Å². The van der Waals surface area contributed by atoms with Gasteiger partial charge in [0.2, 0.25) is 5.91 Å². The Labute approximate surface area is 117 Å². The summed E-state index contributed by atoms with van der Waals surface area (Å²) < 4.78 is 0. The largest absolute Gasteiger partial charge is 0.368 e. The predicted molar refractivity (Wildman–Crippen MR) is 77.9 cm³/mol. The number of nitrogens with zero attached hydrogens (tertiary/aromatic N) is 1. The normalized spacial score (nSPS) is 24.4. The van der Waals surface area contributed by atoms with Crippen molar-refractivity contribution >= 4 is 5.91 Å². The number of likely N-dealkylation sites (N-methyl/N-ethyl adjacent to an activating group) is 1. The van der Waals surface area contributed by atoms with Crippen molar-refractivity contribution < 1.29 is 4.79 Å². The first kappa shape index (κ1) is 14.8. The zero-order valence-electron chi connectivity index (χ0n) is 12.5. The second-order valence-electron chi connectivity index (χ2n) is 6.47. The molecule has 2 rings (SSSR count). The Morgan fingerprint density at radius 2 is 1.89 bits per heavy atom. The zero-order chi connectivity index (χ0) is 13.9. The lowest BCUT2D eigenvalue weighted by atomic mass is 9.92. The third kappa shape index (κ3) is 3.93. The number of hydrogen-bond donors (Lipinski definition) is 2. The van der Waals surface area contributed by atoms with Crippen LogP contribution in [0.1, 0.15) is 58.8 Å². The minimum Gasteiger partial charge on any atom is -0.368 e. The number of primary amides is 1. The van der Waals surface area contributed by atoms with Gasteiger partial charge in [-0.2, -0.15) is 0 Å². The summed E-state index contributed by atoms with van der Waals surface area (Å²) in [6.45, 7) is 5.91. The summed E-state index contributed by atoms with van der Waals surface area (Å²) in [7, 11) is 0. The van der Waals surface area contributed by atoms with Crippen LogP contribution in [-0.4, -0.2) is 41.5 Å². The maximum Gasteiger partial charge on any atom is 0.238 e. The summed E-state index contributed by atoms with van der Waals surface area (Å²) >= 11 is 0. The van der Waals surface area contributed by atoms with E-state index in [0.717, 1.165) is 13.1 Å². The highest BCUT2D eigenvalue weighted by Gasteiger charge is 2.39. The third-order valence-corrected chi connectivity index (χ3v) is 4.66. The topological polar surface area (TPSA) is 58.4 Å². The van der Waals surface area contributed by atoms with Crippen LogP contribution in [0.4, 0.5) is 0 Å². The molecule has 0 heterocycles. The van der Waals surface area contributed by atoms with Crippen LogP contribution in [-0.2, 0) is 4.79 Å². The molecule has 2 aliphatic rings. The van der Waals surface area contributed by atoms with Crippen molar-refractivity contribution in [1.82, 2.24) is 10.2 Å². The van der Waals surface area contributed by atoms with Crippen LogP contribution in [0.15, 0.2) is 0 Å². The average molecular weight is 267 g/mol. The second kappa shape index (κ2) is 6.23. The van der Waals surface area contributed by atoms with Crippen LogP contribution in [0.2, 0.25) is 0 Å². The van der Waals surface area contributed by atoms with E-state index < -0.39 is 5.54 Å². The van der Waals surface area contributed by atoms with Crippen molar-refractivity contribution in [3.8, 4) is 0 Å². The van der Waals surface area contributed by atoms with Gasteiger partial charge in [0.15, 0.2) is 0 Å². The molecule has 0 spiro atoms. The van der Waals surface area contributed by atoms with Crippen molar-refractivity contribution in [2.45, 2.75) is 76.4 Å². The molecule has 1 atom stereocenters. The highest BCUT2D eigenvalue weighted by molar-refractivity contribution is 5.84. The van der Waals surface area contributed by atoms with Gasteiger partial charge in [-0.1, -0.05) is 26.2 Å². The Bertz CT molecular complexity index is 311. The third-order valence-electron chi connectivity index (χ3n) is 4.66. The zero-order valence-corrected chi connectivity index (χ0v) is 12.5. The fourth-order valence-corrected chi connectivity index (χ4v) is 3.22. The monoisotopic (exact) mass is 267 g/mol. The molecule has 0 aromatic rings. The number of amides is 1. The van der Waals surface area contributed by atoms with E-state index in [9.17, 15) is 4.79 Å². The van der Waals surface area contributed by atoms with E-state index in [-0.39, 0.29) is 5.91 Å². The molecule has 4 nitrogen and oxygen atoms in total. The van der Waals surface area contributed by atoms with E-state index in [1.807, 2.05) is 6.92 Å². The minimum absolute atomic E-state index is 0.214. The lowest BCUT2D eigenvalue weighted by molar-refractivity contribution is -0.125. The van der Waals surface area contributed by atoms with Crippen LogP contribution < -0.4 is 11.1 Å². The van der Waals surface area contributed by atoms with Gasteiger partial charge in [0.25, 0.3) is 0 Å². The molecule has 0 bridgehead atoms. The SMILES string of the molecule is CCN(CC(C)(NC1CC1)C(N)=O)C1CCCCC1. The average Bonchev–Trinajstić information content (AvgIpc) is 3.20. The van der Waals surface area contributed by atoms with Gasteiger partial charge in [-0.25, -0.2) is 0 Å². The molecule has 0 aromatic carbocycles. The molecule has 4 heteroatoms. The van der Waals surface area contributed by atoms with Crippen molar-refractivity contribution in [2.75, 3.05) is 13.1 Å². The predicted octanol–water partition coefficient (Wildman–Crippen LogP) is 1.64. The highest BCUT2D eigenvalue weighted by Crippen LogP contribution is 2.26. The number of hydrogen-bond acceptors (Lipinski definition) is 3. The van der Waals surface area contributed by atoms with Gasteiger partial charge in [-0.05, 0) is 39.2 Å². The first-order chi connectivity index (χ1) is 9.05. The van der Waals surface area contributed by atoms with E-state index in [4.69, 9.17) is 5.73 Å². The number of carbonyl (C=O) groups excluding carboxylic acids is 1. The number of carbonyl (C=O) groups is 1. The van der Waals surface area contributed by atoms with Crippen molar-refractivity contribution in [3.63, 3.8) is 0 Å². The summed E-state index contributed by atoms with van der Waals surface area (Å²) in [6.07, 6.45) is 8.91. The van der Waals surface area contributed by atoms with Crippen LogP contribution >= 0.6 is 0 Å². The first-order valence-electron chi connectivity index (χ1n) is 7.87.